The molecule has 3 aromatic heterocycles. The summed E-state index contributed by atoms with van der Waals surface area (Å²) in [6, 6.07) is 10.9. The zero-order chi connectivity index (χ0) is 24.8. The summed E-state index contributed by atoms with van der Waals surface area (Å²) in [6.07, 6.45) is -2.07. The first kappa shape index (κ1) is 24.2. The van der Waals surface area contributed by atoms with Crippen molar-refractivity contribution in [2.45, 2.75) is 26.3 Å². The van der Waals surface area contributed by atoms with Gasteiger partial charge >= 0.3 is 6.36 Å². The van der Waals surface area contributed by atoms with E-state index in [1.807, 2.05) is 25.1 Å². The number of benzene rings is 1. The van der Waals surface area contributed by atoms with E-state index in [0.717, 1.165) is 30.0 Å². The van der Waals surface area contributed by atoms with Crippen LogP contribution in [0.5, 0.6) is 5.75 Å². The number of pyridine rings is 1. The Morgan fingerprint density at radius 3 is 2.60 bits per heavy atom. The molecule has 0 fully saturated rings. The second kappa shape index (κ2) is 10.6. The molecular formula is C23H23F3N6O3. The van der Waals surface area contributed by atoms with Gasteiger partial charge in [0.1, 0.15) is 11.6 Å². The standard InChI is InChI=1S/C23H23F3N6O3/c1-15-12-19(30-32(15)14-16-4-9-20(28-13-16)27-10-3-11-33-2)22-29-21(31-35-22)17-5-7-18(8-6-17)34-23(24,25)26/h4-9,12-13H,3,10-11,14H2,1-2H3,(H,27,28). The fraction of sp³-hybridized carbons (Fsp3) is 0.304. The number of nitrogens with zero attached hydrogens (tertiary/aromatic N) is 5. The van der Waals surface area contributed by atoms with Gasteiger partial charge in [0.05, 0.1) is 6.54 Å². The van der Waals surface area contributed by atoms with Gasteiger partial charge in [0.2, 0.25) is 5.82 Å². The Morgan fingerprint density at radius 2 is 1.91 bits per heavy atom. The van der Waals surface area contributed by atoms with Crippen LogP contribution in [0.15, 0.2) is 53.2 Å². The first-order valence-electron chi connectivity index (χ1n) is 10.7. The number of alkyl halides is 3. The van der Waals surface area contributed by atoms with E-state index in [1.54, 1.807) is 18.0 Å². The minimum absolute atomic E-state index is 0.200. The Labute approximate surface area is 198 Å². The molecule has 0 radical (unpaired) electrons. The number of halogens is 3. The number of nitrogens with one attached hydrogen (secondary N) is 1. The number of methoxy groups -OCH3 is 1. The van der Waals surface area contributed by atoms with Crippen LogP contribution in [0.25, 0.3) is 23.0 Å². The van der Waals surface area contributed by atoms with Crippen molar-refractivity contribution in [3.8, 4) is 28.7 Å². The van der Waals surface area contributed by atoms with Gasteiger partial charge in [-0.25, -0.2) is 4.98 Å². The molecule has 0 bridgehead atoms. The van der Waals surface area contributed by atoms with E-state index in [2.05, 4.69) is 30.3 Å². The van der Waals surface area contributed by atoms with Gasteiger partial charge in [-0.15, -0.1) is 13.2 Å². The summed E-state index contributed by atoms with van der Waals surface area (Å²) in [5, 5.41) is 11.7. The molecule has 0 aliphatic heterocycles. The minimum Gasteiger partial charge on any atom is -0.406 e. The number of hydrogen-bond donors (Lipinski definition) is 1. The number of aromatic nitrogens is 5. The predicted octanol–water partition coefficient (Wildman–Crippen LogP) is 4.70. The number of aryl methyl sites for hydroxylation is 1. The summed E-state index contributed by atoms with van der Waals surface area (Å²) in [5.74, 6) is 0.887. The molecule has 4 rings (SSSR count). The van der Waals surface area contributed by atoms with Crippen molar-refractivity contribution in [3.63, 3.8) is 0 Å². The van der Waals surface area contributed by atoms with Crippen LogP contribution in [0.2, 0.25) is 0 Å². The van der Waals surface area contributed by atoms with E-state index in [0.29, 0.717) is 24.4 Å². The molecule has 4 aromatic rings. The Bertz CT molecular complexity index is 1240. The van der Waals surface area contributed by atoms with E-state index in [-0.39, 0.29) is 17.5 Å². The fourth-order valence-electron chi connectivity index (χ4n) is 3.25. The first-order chi connectivity index (χ1) is 16.8. The Kier molecular flexibility index (Phi) is 7.30. The van der Waals surface area contributed by atoms with Gasteiger partial charge in [0.15, 0.2) is 5.69 Å². The van der Waals surface area contributed by atoms with Gasteiger partial charge in [0.25, 0.3) is 5.89 Å². The van der Waals surface area contributed by atoms with Crippen LogP contribution in [-0.4, -0.2) is 51.5 Å². The fourth-order valence-corrected chi connectivity index (χ4v) is 3.25. The average molecular weight is 488 g/mol. The van der Waals surface area contributed by atoms with Gasteiger partial charge in [-0.3, -0.25) is 4.68 Å². The molecule has 0 amide bonds. The maximum absolute atomic E-state index is 12.3. The molecule has 35 heavy (non-hydrogen) atoms. The molecule has 12 heteroatoms. The smallest absolute Gasteiger partial charge is 0.406 e. The van der Waals surface area contributed by atoms with Crippen LogP contribution in [0.4, 0.5) is 19.0 Å². The number of rotatable bonds is 10. The lowest BCUT2D eigenvalue weighted by Gasteiger charge is -2.08. The highest BCUT2D eigenvalue weighted by atomic mass is 19.4. The third kappa shape index (κ3) is 6.57. The first-order valence-corrected chi connectivity index (χ1v) is 10.7. The summed E-state index contributed by atoms with van der Waals surface area (Å²) in [5.41, 5.74) is 2.82. The summed E-state index contributed by atoms with van der Waals surface area (Å²) in [7, 11) is 1.67. The highest BCUT2D eigenvalue weighted by Crippen LogP contribution is 2.27. The molecular weight excluding hydrogens is 465 g/mol. The van der Waals surface area contributed by atoms with Gasteiger partial charge in [-0.2, -0.15) is 10.1 Å². The van der Waals surface area contributed by atoms with Crippen LogP contribution in [0.3, 0.4) is 0 Å². The van der Waals surface area contributed by atoms with E-state index in [1.165, 1.54) is 24.3 Å². The highest BCUT2D eigenvalue weighted by Gasteiger charge is 2.31. The quantitative estimate of drug-likeness (QED) is 0.321. The molecule has 1 N–H and O–H groups in total. The maximum Gasteiger partial charge on any atom is 0.573 e. The maximum atomic E-state index is 12.3. The molecule has 9 nitrogen and oxygen atoms in total. The third-order valence-corrected chi connectivity index (χ3v) is 4.96. The molecule has 0 atom stereocenters. The van der Waals surface area contributed by atoms with Crippen molar-refractivity contribution < 1.29 is 27.2 Å². The van der Waals surface area contributed by atoms with Crippen LogP contribution < -0.4 is 10.1 Å². The normalized spacial score (nSPS) is 11.6. The lowest BCUT2D eigenvalue weighted by molar-refractivity contribution is -0.274. The molecule has 1 aromatic carbocycles. The van der Waals surface area contributed by atoms with Crippen molar-refractivity contribution in [1.29, 1.82) is 0 Å². The summed E-state index contributed by atoms with van der Waals surface area (Å²) in [4.78, 5) is 8.75. The lowest BCUT2D eigenvalue weighted by Crippen LogP contribution is -2.16. The molecule has 0 aliphatic carbocycles. The molecule has 0 saturated heterocycles. The molecule has 0 aliphatic rings. The van der Waals surface area contributed by atoms with Crippen molar-refractivity contribution in [1.82, 2.24) is 24.9 Å². The Morgan fingerprint density at radius 1 is 1.11 bits per heavy atom. The van der Waals surface area contributed by atoms with Crippen LogP contribution >= 0.6 is 0 Å². The number of anilines is 1. The summed E-state index contributed by atoms with van der Waals surface area (Å²) >= 11 is 0. The number of hydrogen-bond acceptors (Lipinski definition) is 8. The van der Waals surface area contributed by atoms with Gasteiger partial charge < -0.3 is 19.3 Å². The van der Waals surface area contributed by atoms with Gasteiger partial charge in [0, 0.05) is 37.7 Å². The monoisotopic (exact) mass is 488 g/mol. The summed E-state index contributed by atoms with van der Waals surface area (Å²) < 4.78 is 53.0. The van der Waals surface area contributed by atoms with Crippen molar-refractivity contribution in [3.05, 3.63) is 59.9 Å². The van der Waals surface area contributed by atoms with Gasteiger partial charge in [-0.1, -0.05) is 11.2 Å². The van der Waals surface area contributed by atoms with E-state index < -0.39 is 6.36 Å². The molecule has 0 saturated carbocycles. The third-order valence-electron chi connectivity index (χ3n) is 4.96. The SMILES string of the molecule is COCCCNc1ccc(Cn2nc(-c3nc(-c4ccc(OC(F)(F)F)cc4)no3)cc2C)cn1. The summed E-state index contributed by atoms with van der Waals surface area (Å²) in [6.45, 7) is 3.88. The van der Waals surface area contributed by atoms with E-state index in [4.69, 9.17) is 9.26 Å². The Balaban J connectivity index is 1.41. The van der Waals surface area contributed by atoms with Crippen LogP contribution in [0.1, 0.15) is 17.7 Å². The van der Waals surface area contributed by atoms with Gasteiger partial charge in [-0.05, 0) is 55.3 Å². The second-order valence-corrected chi connectivity index (χ2v) is 7.65. The van der Waals surface area contributed by atoms with Crippen molar-refractivity contribution in [2.75, 3.05) is 25.6 Å². The van der Waals surface area contributed by atoms with Crippen molar-refractivity contribution >= 4 is 5.82 Å². The zero-order valence-electron chi connectivity index (χ0n) is 19.0. The zero-order valence-corrected chi connectivity index (χ0v) is 19.0. The molecule has 184 valence electrons. The molecule has 0 spiro atoms. The van der Waals surface area contributed by atoms with Crippen molar-refractivity contribution in [2.24, 2.45) is 0 Å². The highest BCUT2D eigenvalue weighted by molar-refractivity contribution is 5.59. The number of ether oxygens (including phenoxy) is 2. The topological polar surface area (TPSA) is 100 Å². The molecule has 3 heterocycles. The van der Waals surface area contributed by atoms with E-state index >= 15 is 0 Å². The minimum atomic E-state index is -4.75. The van der Waals surface area contributed by atoms with Crippen LogP contribution in [0, 0.1) is 6.92 Å². The van der Waals surface area contributed by atoms with Crippen LogP contribution in [-0.2, 0) is 11.3 Å². The van der Waals surface area contributed by atoms with E-state index in [9.17, 15) is 13.2 Å². The molecule has 0 unspecified atom stereocenters. The lowest BCUT2D eigenvalue weighted by atomic mass is 10.2. The largest absolute Gasteiger partial charge is 0.573 e. The average Bonchev–Trinajstić information content (AvgIpc) is 3.45. The Hall–Kier alpha value is -3.93. The predicted molar refractivity (Wildman–Crippen MR) is 121 cm³/mol. The second-order valence-electron chi connectivity index (χ2n) is 7.65.